The van der Waals surface area contributed by atoms with Crippen molar-refractivity contribution in [3.63, 3.8) is 0 Å². The Morgan fingerprint density at radius 2 is 1.76 bits per heavy atom. The molecule has 0 radical (unpaired) electrons. The number of hydrogen-bond donors (Lipinski definition) is 6. The van der Waals surface area contributed by atoms with Crippen molar-refractivity contribution in [2.45, 2.75) is 36.3 Å². The number of rotatable bonds is 7. The van der Waals surface area contributed by atoms with Crippen LogP contribution in [0.1, 0.15) is 5.56 Å². The summed E-state index contributed by atoms with van der Waals surface area (Å²) >= 11 is 0.533. The van der Waals surface area contributed by atoms with Gasteiger partial charge in [0.25, 0.3) is 0 Å². The predicted octanol–water partition coefficient (Wildman–Crippen LogP) is -1.50. The molecular weight excluding hydrogens is 508 g/mol. The second-order valence-corrected chi connectivity index (χ2v) is 10.4. The summed E-state index contributed by atoms with van der Waals surface area (Å²) in [5.41, 5.74) is -1.06. The number of benzene rings is 1. The van der Waals surface area contributed by atoms with Gasteiger partial charge in [0.1, 0.15) is 34.9 Å². The Hall–Kier alpha value is -1.80. The van der Waals surface area contributed by atoms with Crippen molar-refractivity contribution in [3.8, 4) is 0 Å². The predicted molar refractivity (Wildman–Crippen MR) is 114 cm³/mol. The number of aromatic nitrogens is 1. The fourth-order valence-electron chi connectivity index (χ4n) is 3.20. The van der Waals surface area contributed by atoms with Crippen molar-refractivity contribution in [3.05, 3.63) is 36.0 Å². The van der Waals surface area contributed by atoms with Crippen LogP contribution in [-0.2, 0) is 36.1 Å². The molecule has 1 fully saturated rings. The Balaban J connectivity index is 1.98. The summed E-state index contributed by atoms with van der Waals surface area (Å²) < 4.78 is 73.8. The zero-order valence-corrected chi connectivity index (χ0v) is 18.9. The van der Waals surface area contributed by atoms with Crippen LogP contribution >= 0.6 is 11.8 Å². The van der Waals surface area contributed by atoms with Gasteiger partial charge in [0.15, 0.2) is 0 Å². The minimum atomic E-state index is -5.04. The van der Waals surface area contributed by atoms with Crippen LogP contribution in [0.15, 0.2) is 35.6 Å². The normalized spacial score (nSPS) is 27.1. The molecule has 5 atom stereocenters. The second kappa shape index (κ2) is 9.82. The third-order valence-corrected chi connectivity index (χ3v) is 6.86. The molecule has 1 aromatic carbocycles. The third-order valence-electron chi connectivity index (χ3n) is 4.68. The second-order valence-electron chi connectivity index (χ2n) is 6.92. The molecule has 17 heteroatoms. The maximum atomic E-state index is 11.7. The van der Waals surface area contributed by atoms with Gasteiger partial charge in [0.2, 0.25) is 0 Å². The Kier molecular flexibility index (Phi) is 7.68. The highest BCUT2D eigenvalue weighted by Gasteiger charge is 2.44. The third kappa shape index (κ3) is 6.01. The summed E-state index contributed by atoms with van der Waals surface area (Å²) in [4.78, 5) is 0. The maximum Gasteiger partial charge on any atom is 0.466 e. The van der Waals surface area contributed by atoms with Crippen molar-refractivity contribution in [1.82, 2.24) is 3.97 Å². The zero-order valence-electron chi connectivity index (χ0n) is 16.4. The lowest BCUT2D eigenvalue weighted by Gasteiger charge is -2.39. The van der Waals surface area contributed by atoms with Gasteiger partial charge in [-0.05, 0) is 11.6 Å². The van der Waals surface area contributed by atoms with Crippen LogP contribution < -0.4 is 0 Å². The number of para-hydroxylation sites is 1. The molecule has 1 aliphatic rings. The van der Waals surface area contributed by atoms with Crippen LogP contribution in [0.25, 0.3) is 10.9 Å². The quantitative estimate of drug-likeness (QED) is 0.104. The van der Waals surface area contributed by atoms with Crippen molar-refractivity contribution in [2.75, 3.05) is 6.61 Å². The number of thioether (sulfide) groups is 1. The molecule has 0 spiro atoms. The summed E-state index contributed by atoms with van der Waals surface area (Å²) in [6.45, 7) is -0.710. The van der Waals surface area contributed by atoms with Gasteiger partial charge in [0, 0.05) is 18.0 Å². The smallest absolute Gasteiger partial charge is 0.394 e. The first-order chi connectivity index (χ1) is 15.3. The van der Waals surface area contributed by atoms with Gasteiger partial charge in [0.05, 0.1) is 12.1 Å². The monoisotopic (exact) mass is 528 g/mol. The van der Waals surface area contributed by atoms with Gasteiger partial charge in [-0.25, -0.2) is 8.26 Å². The molecule has 2 heterocycles. The van der Waals surface area contributed by atoms with E-state index in [1.54, 1.807) is 6.07 Å². The van der Waals surface area contributed by atoms with Gasteiger partial charge in [-0.15, -0.1) is 0 Å². The summed E-state index contributed by atoms with van der Waals surface area (Å²) in [6.07, 6.45) is -5.61. The standard InChI is InChI=1S/C16H20N2O12S3/c19-7-11-13(20)14(21)15(22)16(29-11)31-12(17-30-33(26,27)28)5-8-6-18(32(23,24)25)10-4-2-1-3-9(8)10/h1-4,6,11,13-16,19-22H,5,7H2,(H,23,24,25)(H,26,27,28)/b17-12-/t11-,13+,14+,15-,16+/m1/s1. The lowest BCUT2D eigenvalue weighted by atomic mass is 10.0. The minimum Gasteiger partial charge on any atom is -0.394 e. The van der Waals surface area contributed by atoms with Gasteiger partial charge in [-0.1, -0.05) is 35.1 Å². The van der Waals surface area contributed by atoms with Crippen molar-refractivity contribution in [1.29, 1.82) is 0 Å². The number of fused-ring (bicyclic) bond motifs is 1. The van der Waals surface area contributed by atoms with Crippen LogP contribution in [0.4, 0.5) is 0 Å². The van der Waals surface area contributed by atoms with Gasteiger partial charge in [-0.2, -0.15) is 16.8 Å². The Morgan fingerprint density at radius 1 is 1.09 bits per heavy atom. The molecule has 33 heavy (non-hydrogen) atoms. The topological polar surface area (TPSA) is 225 Å². The molecule has 0 unspecified atom stereocenters. The highest BCUT2D eigenvalue weighted by Crippen LogP contribution is 2.32. The highest BCUT2D eigenvalue weighted by molar-refractivity contribution is 8.14. The molecule has 184 valence electrons. The van der Waals surface area contributed by atoms with E-state index in [1.807, 2.05) is 0 Å². The van der Waals surface area contributed by atoms with E-state index in [0.29, 0.717) is 21.1 Å². The van der Waals surface area contributed by atoms with E-state index in [-0.39, 0.29) is 22.5 Å². The van der Waals surface area contributed by atoms with Crippen LogP contribution in [0.3, 0.4) is 0 Å². The summed E-state index contributed by atoms with van der Waals surface area (Å²) in [6, 6.07) is 6.03. The number of hydrogen-bond acceptors (Lipinski definition) is 12. The van der Waals surface area contributed by atoms with Crippen LogP contribution in [-0.4, -0.2) is 91.8 Å². The molecular formula is C16H20N2O12S3. The first kappa shape index (κ1) is 25.8. The SMILES string of the molecule is O=S(=O)(O)O/N=C(/Cc1cn(S(=O)(=O)O)c2ccccc12)S[C@@H]1O[C@H](CO)[C@H](O)[C@H](O)[C@H]1O. The number of ether oxygens (including phenoxy) is 1. The Morgan fingerprint density at radius 3 is 2.36 bits per heavy atom. The van der Waals surface area contributed by atoms with Gasteiger partial charge < -0.3 is 25.2 Å². The van der Waals surface area contributed by atoms with E-state index < -0.39 is 57.2 Å². The zero-order chi connectivity index (χ0) is 24.6. The molecule has 1 aliphatic heterocycles. The van der Waals surface area contributed by atoms with Crippen molar-refractivity contribution in [2.24, 2.45) is 5.16 Å². The lowest BCUT2D eigenvalue weighted by molar-refractivity contribution is -0.205. The largest absolute Gasteiger partial charge is 0.466 e. The molecule has 1 aromatic heterocycles. The van der Waals surface area contributed by atoms with E-state index in [9.17, 15) is 41.8 Å². The molecule has 0 amide bonds. The van der Waals surface area contributed by atoms with Gasteiger partial charge in [-0.3, -0.25) is 9.11 Å². The molecule has 6 N–H and O–H groups in total. The first-order valence-corrected chi connectivity index (χ1v) is 12.7. The fourth-order valence-corrected chi connectivity index (χ4v) is 5.18. The van der Waals surface area contributed by atoms with E-state index in [0.717, 1.165) is 6.20 Å². The summed E-state index contributed by atoms with van der Waals surface area (Å²) in [7, 11) is -9.73. The van der Waals surface area contributed by atoms with Gasteiger partial charge >= 0.3 is 20.7 Å². The summed E-state index contributed by atoms with van der Waals surface area (Å²) in [5, 5.41) is 42.8. The average Bonchev–Trinajstić information content (AvgIpc) is 3.11. The van der Waals surface area contributed by atoms with Crippen molar-refractivity contribution < 1.29 is 55.4 Å². The first-order valence-electron chi connectivity index (χ1n) is 9.09. The maximum absolute atomic E-state index is 11.7. The van der Waals surface area contributed by atoms with E-state index in [2.05, 4.69) is 9.44 Å². The number of aliphatic hydroxyl groups is 4. The highest BCUT2D eigenvalue weighted by atomic mass is 32.3. The van der Waals surface area contributed by atoms with Crippen LogP contribution in [0.5, 0.6) is 0 Å². The fraction of sp³-hybridized carbons (Fsp3) is 0.438. The van der Waals surface area contributed by atoms with E-state index in [1.165, 1.54) is 18.2 Å². The van der Waals surface area contributed by atoms with E-state index in [4.69, 9.17) is 9.29 Å². The van der Waals surface area contributed by atoms with Crippen molar-refractivity contribution >= 4 is 48.4 Å². The summed E-state index contributed by atoms with van der Waals surface area (Å²) in [5.74, 6) is 0. The van der Waals surface area contributed by atoms with Crippen LogP contribution in [0, 0.1) is 0 Å². The molecule has 1 saturated heterocycles. The Labute approximate surface area is 191 Å². The minimum absolute atomic E-state index is 0.0999. The molecule has 0 bridgehead atoms. The molecule has 3 rings (SSSR count). The molecule has 0 aliphatic carbocycles. The van der Waals surface area contributed by atoms with E-state index >= 15 is 0 Å². The molecule has 2 aromatic rings. The lowest BCUT2D eigenvalue weighted by Crippen LogP contribution is -2.57. The molecule has 0 saturated carbocycles. The van der Waals surface area contributed by atoms with Crippen LogP contribution in [0.2, 0.25) is 0 Å². The number of oxime groups is 1. The average molecular weight is 529 g/mol. The number of aliphatic hydroxyl groups excluding tert-OH is 4. The number of nitrogens with zero attached hydrogens (tertiary/aromatic N) is 2. The molecule has 14 nitrogen and oxygen atoms in total. The Bertz CT molecular complexity index is 1240.